The summed E-state index contributed by atoms with van der Waals surface area (Å²) in [6.45, 7) is 6.92. The standard InChI is InChI=1S/C18H27NO/c1-12-7-8-17-15(10-12)16(19-4)11-18(20-17)9-5-6-13(2)14(18)3/h7-8,10,13-14,16,19H,5-6,9,11H2,1-4H3. The molecule has 1 aromatic carbocycles. The Morgan fingerprint density at radius 1 is 1.30 bits per heavy atom. The van der Waals surface area contributed by atoms with E-state index in [-0.39, 0.29) is 5.60 Å². The van der Waals surface area contributed by atoms with Gasteiger partial charge in [0.15, 0.2) is 0 Å². The van der Waals surface area contributed by atoms with E-state index in [0.717, 1.165) is 18.1 Å². The Morgan fingerprint density at radius 2 is 2.10 bits per heavy atom. The lowest BCUT2D eigenvalue weighted by Gasteiger charge is -2.50. The van der Waals surface area contributed by atoms with Crippen molar-refractivity contribution in [2.24, 2.45) is 11.8 Å². The Balaban J connectivity index is 2.00. The third-order valence-corrected chi connectivity index (χ3v) is 5.69. The second-order valence-electron chi connectivity index (χ2n) is 6.91. The Morgan fingerprint density at radius 3 is 2.85 bits per heavy atom. The van der Waals surface area contributed by atoms with Crippen molar-refractivity contribution in [2.75, 3.05) is 7.05 Å². The molecule has 2 heteroatoms. The van der Waals surface area contributed by atoms with Gasteiger partial charge in [-0.05, 0) is 44.7 Å². The van der Waals surface area contributed by atoms with Crippen LogP contribution in [-0.4, -0.2) is 12.6 Å². The first-order valence-corrected chi connectivity index (χ1v) is 8.02. The molecule has 1 N–H and O–H groups in total. The zero-order chi connectivity index (χ0) is 14.3. The molecular weight excluding hydrogens is 246 g/mol. The first-order chi connectivity index (χ1) is 9.55. The molecule has 1 aromatic rings. The van der Waals surface area contributed by atoms with Crippen molar-refractivity contribution >= 4 is 0 Å². The molecule has 1 aliphatic heterocycles. The average molecular weight is 273 g/mol. The number of rotatable bonds is 1. The van der Waals surface area contributed by atoms with Gasteiger partial charge < -0.3 is 10.1 Å². The lowest BCUT2D eigenvalue weighted by molar-refractivity contribution is -0.0640. The highest BCUT2D eigenvalue weighted by Crippen LogP contribution is 2.50. The maximum atomic E-state index is 6.59. The van der Waals surface area contributed by atoms with Gasteiger partial charge in [0, 0.05) is 18.0 Å². The number of ether oxygens (including phenoxy) is 1. The fraction of sp³-hybridized carbons (Fsp3) is 0.667. The molecule has 20 heavy (non-hydrogen) atoms. The Labute approximate surface area is 122 Å². The van der Waals surface area contributed by atoms with Gasteiger partial charge in [0.05, 0.1) is 0 Å². The molecule has 0 bridgehead atoms. The van der Waals surface area contributed by atoms with Crippen molar-refractivity contribution in [3.05, 3.63) is 29.3 Å². The summed E-state index contributed by atoms with van der Waals surface area (Å²) in [5.41, 5.74) is 2.69. The zero-order valence-corrected chi connectivity index (χ0v) is 13.2. The van der Waals surface area contributed by atoms with E-state index < -0.39 is 0 Å². The number of benzene rings is 1. The van der Waals surface area contributed by atoms with Gasteiger partial charge in [-0.15, -0.1) is 0 Å². The van der Waals surface area contributed by atoms with Crippen LogP contribution in [0, 0.1) is 18.8 Å². The molecule has 110 valence electrons. The van der Waals surface area contributed by atoms with Crippen molar-refractivity contribution in [3.63, 3.8) is 0 Å². The molecule has 0 amide bonds. The van der Waals surface area contributed by atoms with Crippen LogP contribution in [0.25, 0.3) is 0 Å². The SMILES string of the molecule is CNC1CC2(CCCC(C)C2C)Oc2ccc(C)cc21. The molecule has 1 saturated carbocycles. The van der Waals surface area contributed by atoms with Crippen LogP contribution in [0.5, 0.6) is 5.75 Å². The Hall–Kier alpha value is -1.02. The van der Waals surface area contributed by atoms with Crippen LogP contribution in [0.3, 0.4) is 0 Å². The summed E-state index contributed by atoms with van der Waals surface area (Å²) in [5, 5.41) is 3.51. The van der Waals surface area contributed by atoms with E-state index in [0.29, 0.717) is 12.0 Å². The number of hydrogen-bond acceptors (Lipinski definition) is 2. The van der Waals surface area contributed by atoms with Crippen molar-refractivity contribution in [1.82, 2.24) is 5.32 Å². The highest BCUT2D eigenvalue weighted by molar-refractivity contribution is 5.42. The Kier molecular flexibility index (Phi) is 3.53. The molecule has 1 fully saturated rings. The molecule has 2 nitrogen and oxygen atoms in total. The monoisotopic (exact) mass is 273 g/mol. The van der Waals surface area contributed by atoms with Crippen LogP contribution in [0.4, 0.5) is 0 Å². The molecule has 4 unspecified atom stereocenters. The minimum atomic E-state index is 0.0353. The lowest BCUT2D eigenvalue weighted by atomic mass is 9.66. The number of nitrogens with one attached hydrogen (secondary N) is 1. The summed E-state index contributed by atoms with van der Waals surface area (Å²) < 4.78 is 6.59. The second-order valence-corrected chi connectivity index (χ2v) is 6.91. The molecule has 1 spiro atoms. The Bertz CT molecular complexity index is 498. The highest BCUT2D eigenvalue weighted by Gasteiger charge is 2.48. The predicted octanol–water partition coefficient (Wildman–Crippen LogP) is 4.23. The van der Waals surface area contributed by atoms with Crippen molar-refractivity contribution in [2.45, 2.75) is 58.1 Å². The fourth-order valence-corrected chi connectivity index (χ4v) is 4.16. The van der Waals surface area contributed by atoms with Crippen molar-refractivity contribution in [1.29, 1.82) is 0 Å². The molecule has 1 aliphatic carbocycles. The van der Waals surface area contributed by atoms with Crippen LogP contribution >= 0.6 is 0 Å². The lowest BCUT2D eigenvalue weighted by Crippen LogP contribution is -2.52. The van der Waals surface area contributed by atoms with Crippen molar-refractivity contribution < 1.29 is 4.74 Å². The molecular formula is C18H27NO. The molecule has 1 heterocycles. The van der Waals surface area contributed by atoms with E-state index in [9.17, 15) is 0 Å². The van der Waals surface area contributed by atoms with Gasteiger partial charge in [0.25, 0.3) is 0 Å². The van der Waals surface area contributed by atoms with E-state index in [1.165, 1.54) is 30.4 Å². The minimum absolute atomic E-state index is 0.0353. The topological polar surface area (TPSA) is 21.3 Å². The van der Waals surface area contributed by atoms with E-state index >= 15 is 0 Å². The summed E-state index contributed by atoms with van der Waals surface area (Å²) in [7, 11) is 2.08. The van der Waals surface area contributed by atoms with Gasteiger partial charge in [-0.1, -0.05) is 38.0 Å². The summed E-state index contributed by atoms with van der Waals surface area (Å²) in [6.07, 6.45) is 4.94. The normalized spacial score (nSPS) is 36.5. The van der Waals surface area contributed by atoms with E-state index in [2.05, 4.69) is 51.3 Å². The predicted molar refractivity (Wildman–Crippen MR) is 83.1 cm³/mol. The smallest absolute Gasteiger partial charge is 0.124 e. The molecule has 4 atom stereocenters. The summed E-state index contributed by atoms with van der Waals surface area (Å²) in [5.74, 6) is 2.48. The quantitative estimate of drug-likeness (QED) is 0.826. The fourth-order valence-electron chi connectivity index (χ4n) is 4.16. The van der Waals surface area contributed by atoms with Gasteiger partial charge in [-0.2, -0.15) is 0 Å². The number of aryl methyl sites for hydroxylation is 1. The molecule has 0 aromatic heterocycles. The van der Waals surface area contributed by atoms with Crippen molar-refractivity contribution in [3.8, 4) is 5.75 Å². The summed E-state index contributed by atoms with van der Waals surface area (Å²) >= 11 is 0. The maximum absolute atomic E-state index is 6.59. The number of hydrogen-bond donors (Lipinski definition) is 1. The second kappa shape index (κ2) is 5.07. The van der Waals surface area contributed by atoms with Crippen LogP contribution in [-0.2, 0) is 0 Å². The van der Waals surface area contributed by atoms with Gasteiger partial charge in [-0.3, -0.25) is 0 Å². The van der Waals surface area contributed by atoms with Crippen LogP contribution in [0.2, 0.25) is 0 Å². The largest absolute Gasteiger partial charge is 0.487 e. The summed E-state index contributed by atoms with van der Waals surface area (Å²) in [4.78, 5) is 0. The average Bonchev–Trinajstić information content (AvgIpc) is 2.44. The zero-order valence-electron chi connectivity index (χ0n) is 13.2. The number of fused-ring (bicyclic) bond motifs is 1. The molecule has 2 aliphatic rings. The first-order valence-electron chi connectivity index (χ1n) is 8.02. The van der Waals surface area contributed by atoms with Gasteiger partial charge >= 0.3 is 0 Å². The van der Waals surface area contributed by atoms with Gasteiger partial charge in [0.1, 0.15) is 11.4 Å². The van der Waals surface area contributed by atoms with Crippen LogP contribution in [0.15, 0.2) is 18.2 Å². The van der Waals surface area contributed by atoms with E-state index in [4.69, 9.17) is 4.74 Å². The first kappa shape index (κ1) is 13.9. The highest BCUT2D eigenvalue weighted by atomic mass is 16.5. The van der Waals surface area contributed by atoms with E-state index in [1.54, 1.807) is 0 Å². The minimum Gasteiger partial charge on any atom is -0.487 e. The van der Waals surface area contributed by atoms with E-state index in [1.807, 2.05) is 0 Å². The maximum Gasteiger partial charge on any atom is 0.124 e. The summed E-state index contributed by atoms with van der Waals surface area (Å²) in [6, 6.07) is 7.04. The molecule has 3 rings (SSSR count). The third kappa shape index (κ3) is 2.14. The van der Waals surface area contributed by atoms with Crippen LogP contribution < -0.4 is 10.1 Å². The molecule has 0 saturated heterocycles. The van der Waals surface area contributed by atoms with Gasteiger partial charge in [-0.25, -0.2) is 0 Å². The van der Waals surface area contributed by atoms with Gasteiger partial charge in [0.2, 0.25) is 0 Å². The van der Waals surface area contributed by atoms with Crippen LogP contribution in [0.1, 0.15) is 56.7 Å². The molecule has 0 radical (unpaired) electrons. The third-order valence-electron chi connectivity index (χ3n) is 5.69.